The van der Waals surface area contributed by atoms with Gasteiger partial charge in [-0.2, -0.15) is 26.3 Å². The first-order valence-electron chi connectivity index (χ1n) is 7.09. The van der Waals surface area contributed by atoms with Crippen LogP contribution in [0.1, 0.15) is 30.5 Å². The summed E-state index contributed by atoms with van der Waals surface area (Å²) in [6, 6.07) is -0.185. The molecule has 2 amide bonds. The summed E-state index contributed by atoms with van der Waals surface area (Å²) in [5, 5.41) is 2.20. The standard InChI is InChI=1S/C15H16F6N2O2/c1-7(2)12(13(22)25)23-11(24)5-8-3-9(14(16,17)18)6-10(4-8)15(19,20)21/h3-4,6-7,12H,5H2,1-2H3,(H2,22,25)(H,23,24)/t12-/m1/s1. The molecule has 1 aromatic carbocycles. The van der Waals surface area contributed by atoms with Crippen molar-refractivity contribution in [3.63, 3.8) is 0 Å². The summed E-state index contributed by atoms with van der Waals surface area (Å²) in [4.78, 5) is 23.1. The van der Waals surface area contributed by atoms with Crippen LogP contribution < -0.4 is 11.1 Å². The maximum absolute atomic E-state index is 12.8. The molecule has 0 fully saturated rings. The molecule has 0 saturated carbocycles. The molecule has 0 heterocycles. The van der Waals surface area contributed by atoms with E-state index in [4.69, 9.17) is 5.73 Å². The fourth-order valence-corrected chi connectivity index (χ4v) is 2.10. The van der Waals surface area contributed by atoms with Gasteiger partial charge in [-0.1, -0.05) is 13.8 Å². The van der Waals surface area contributed by atoms with Crippen molar-refractivity contribution in [3.8, 4) is 0 Å². The van der Waals surface area contributed by atoms with Crippen molar-refractivity contribution >= 4 is 11.8 Å². The van der Waals surface area contributed by atoms with Crippen molar-refractivity contribution in [1.82, 2.24) is 5.32 Å². The van der Waals surface area contributed by atoms with E-state index in [0.717, 1.165) is 0 Å². The molecule has 0 saturated heterocycles. The van der Waals surface area contributed by atoms with Crippen LogP contribution in [-0.4, -0.2) is 17.9 Å². The minimum Gasteiger partial charge on any atom is -0.368 e. The summed E-state index contributed by atoms with van der Waals surface area (Å²) < 4.78 is 76.6. The molecule has 25 heavy (non-hydrogen) atoms. The van der Waals surface area contributed by atoms with Crippen LogP contribution >= 0.6 is 0 Å². The van der Waals surface area contributed by atoms with Crippen LogP contribution in [0.2, 0.25) is 0 Å². The average molecular weight is 370 g/mol. The Hall–Kier alpha value is -2.26. The highest BCUT2D eigenvalue weighted by Gasteiger charge is 2.37. The lowest BCUT2D eigenvalue weighted by atomic mass is 10.0. The van der Waals surface area contributed by atoms with Gasteiger partial charge in [-0.15, -0.1) is 0 Å². The van der Waals surface area contributed by atoms with Crippen LogP contribution in [-0.2, 0) is 28.4 Å². The Morgan fingerprint density at radius 2 is 1.44 bits per heavy atom. The molecule has 140 valence electrons. The fourth-order valence-electron chi connectivity index (χ4n) is 2.10. The van der Waals surface area contributed by atoms with Crippen molar-refractivity contribution in [2.24, 2.45) is 11.7 Å². The lowest BCUT2D eigenvalue weighted by molar-refractivity contribution is -0.143. The van der Waals surface area contributed by atoms with Gasteiger partial charge in [0.05, 0.1) is 17.5 Å². The number of halogens is 6. The van der Waals surface area contributed by atoms with Crippen LogP contribution in [0.5, 0.6) is 0 Å². The lowest BCUT2D eigenvalue weighted by Gasteiger charge is -2.19. The highest BCUT2D eigenvalue weighted by molar-refractivity contribution is 5.87. The Morgan fingerprint density at radius 3 is 1.76 bits per heavy atom. The summed E-state index contributed by atoms with van der Waals surface area (Å²) in [6.45, 7) is 3.14. The summed E-state index contributed by atoms with van der Waals surface area (Å²) in [5.41, 5.74) is 1.58. The number of hydrogen-bond donors (Lipinski definition) is 2. The monoisotopic (exact) mass is 370 g/mol. The van der Waals surface area contributed by atoms with Gasteiger partial charge >= 0.3 is 12.4 Å². The second kappa shape index (κ2) is 7.32. The molecular formula is C15H16F6N2O2. The summed E-state index contributed by atoms with van der Waals surface area (Å²) in [5.74, 6) is -2.16. The minimum absolute atomic E-state index is 0.0261. The molecule has 1 aromatic rings. The Labute approximate surface area is 139 Å². The highest BCUT2D eigenvalue weighted by atomic mass is 19.4. The Morgan fingerprint density at radius 1 is 1.00 bits per heavy atom. The van der Waals surface area contributed by atoms with Gasteiger partial charge < -0.3 is 11.1 Å². The molecule has 0 aliphatic carbocycles. The van der Waals surface area contributed by atoms with E-state index in [1.165, 1.54) is 0 Å². The summed E-state index contributed by atoms with van der Waals surface area (Å²) in [7, 11) is 0. The van der Waals surface area contributed by atoms with E-state index in [0.29, 0.717) is 12.1 Å². The third kappa shape index (κ3) is 5.95. The molecule has 0 radical (unpaired) electrons. The molecule has 0 unspecified atom stereocenters. The van der Waals surface area contributed by atoms with Crippen LogP contribution in [0.25, 0.3) is 0 Å². The third-order valence-electron chi connectivity index (χ3n) is 3.30. The van der Waals surface area contributed by atoms with Crippen LogP contribution in [0, 0.1) is 5.92 Å². The molecule has 3 N–H and O–H groups in total. The van der Waals surface area contributed by atoms with Gasteiger partial charge in [-0.3, -0.25) is 9.59 Å². The van der Waals surface area contributed by atoms with E-state index in [1.807, 2.05) is 0 Å². The van der Waals surface area contributed by atoms with E-state index >= 15 is 0 Å². The molecule has 0 spiro atoms. The number of rotatable bonds is 5. The molecule has 4 nitrogen and oxygen atoms in total. The largest absolute Gasteiger partial charge is 0.416 e. The normalized spacial score (nSPS) is 13.6. The molecule has 1 atom stereocenters. The Kier molecular flexibility index (Phi) is 6.09. The van der Waals surface area contributed by atoms with Crippen molar-refractivity contribution in [2.45, 2.75) is 38.7 Å². The highest BCUT2D eigenvalue weighted by Crippen LogP contribution is 2.36. The first kappa shape index (κ1) is 20.8. The number of primary amides is 1. The third-order valence-corrected chi connectivity index (χ3v) is 3.30. The fraction of sp³-hybridized carbons (Fsp3) is 0.467. The number of nitrogens with two attached hydrogens (primary N) is 1. The van der Waals surface area contributed by atoms with Crippen molar-refractivity contribution in [1.29, 1.82) is 0 Å². The molecule has 0 aliphatic rings. The number of nitrogens with one attached hydrogen (secondary N) is 1. The first-order valence-corrected chi connectivity index (χ1v) is 7.09. The Bertz CT molecular complexity index is 620. The van der Waals surface area contributed by atoms with E-state index < -0.39 is 59.2 Å². The van der Waals surface area contributed by atoms with E-state index in [-0.39, 0.29) is 6.07 Å². The van der Waals surface area contributed by atoms with Crippen molar-refractivity contribution in [3.05, 3.63) is 34.9 Å². The lowest BCUT2D eigenvalue weighted by Crippen LogP contribution is -2.48. The van der Waals surface area contributed by atoms with Gasteiger partial charge in [0.15, 0.2) is 0 Å². The Balaban J connectivity index is 3.12. The predicted molar refractivity (Wildman–Crippen MR) is 76.1 cm³/mol. The first-order chi connectivity index (χ1) is 11.2. The van der Waals surface area contributed by atoms with Gasteiger partial charge in [-0.05, 0) is 29.7 Å². The van der Waals surface area contributed by atoms with Gasteiger partial charge in [0.25, 0.3) is 0 Å². The van der Waals surface area contributed by atoms with Crippen molar-refractivity contribution in [2.75, 3.05) is 0 Å². The zero-order valence-corrected chi connectivity index (χ0v) is 13.3. The number of hydrogen-bond acceptors (Lipinski definition) is 2. The molecule has 0 aliphatic heterocycles. The second-order valence-corrected chi connectivity index (χ2v) is 5.78. The zero-order valence-electron chi connectivity index (χ0n) is 13.3. The summed E-state index contributed by atoms with van der Waals surface area (Å²) >= 11 is 0. The number of carbonyl (C=O) groups is 2. The average Bonchev–Trinajstić information content (AvgIpc) is 2.41. The quantitative estimate of drug-likeness (QED) is 0.783. The smallest absolute Gasteiger partial charge is 0.368 e. The maximum atomic E-state index is 12.8. The van der Waals surface area contributed by atoms with Gasteiger partial charge in [0, 0.05) is 0 Å². The zero-order chi connectivity index (χ0) is 19.6. The van der Waals surface area contributed by atoms with E-state index in [2.05, 4.69) is 5.32 Å². The molecule has 1 rings (SSSR count). The summed E-state index contributed by atoms with van der Waals surface area (Å²) in [6.07, 6.45) is -10.8. The van der Waals surface area contributed by atoms with Crippen molar-refractivity contribution < 1.29 is 35.9 Å². The van der Waals surface area contributed by atoms with Gasteiger partial charge in [0.1, 0.15) is 6.04 Å². The number of alkyl halides is 6. The van der Waals surface area contributed by atoms with Crippen LogP contribution in [0.4, 0.5) is 26.3 Å². The minimum atomic E-state index is -5.00. The SMILES string of the molecule is CC(C)[C@@H](NC(=O)Cc1cc(C(F)(F)F)cc(C(F)(F)F)c1)C(N)=O. The van der Waals surface area contributed by atoms with E-state index in [1.54, 1.807) is 13.8 Å². The molecule has 0 bridgehead atoms. The van der Waals surface area contributed by atoms with Gasteiger partial charge in [0.2, 0.25) is 11.8 Å². The molecule has 0 aromatic heterocycles. The van der Waals surface area contributed by atoms with Gasteiger partial charge in [-0.25, -0.2) is 0 Å². The second-order valence-electron chi connectivity index (χ2n) is 5.78. The molecule has 10 heteroatoms. The topological polar surface area (TPSA) is 72.2 Å². The number of carbonyl (C=O) groups excluding carboxylic acids is 2. The number of benzene rings is 1. The number of amides is 2. The maximum Gasteiger partial charge on any atom is 0.416 e. The van der Waals surface area contributed by atoms with Crippen LogP contribution in [0.15, 0.2) is 18.2 Å². The molecular weight excluding hydrogens is 354 g/mol. The van der Waals surface area contributed by atoms with Crippen LogP contribution in [0.3, 0.4) is 0 Å². The van der Waals surface area contributed by atoms with E-state index in [9.17, 15) is 35.9 Å². The predicted octanol–water partition coefficient (Wildman–Crippen LogP) is 2.89.